The molecule has 1 amide bonds. The number of nitrogens with zero attached hydrogens (tertiary/aromatic N) is 1. The number of benzene rings is 3. The van der Waals surface area contributed by atoms with Gasteiger partial charge in [-0.15, -0.1) is 0 Å². The molecule has 3 aromatic rings. The van der Waals surface area contributed by atoms with E-state index in [-0.39, 0.29) is 10.8 Å². The third kappa shape index (κ3) is 4.92. The lowest BCUT2D eigenvalue weighted by atomic mass is 9.96. The number of carbonyl (C=O) groups excluding carboxylic acids is 1. The second-order valence-corrected chi connectivity index (χ2v) is 9.77. The highest BCUT2D eigenvalue weighted by atomic mass is 32.2. The van der Waals surface area contributed by atoms with E-state index in [1.807, 2.05) is 64.1 Å². The highest BCUT2D eigenvalue weighted by Gasteiger charge is 2.30. The first kappa shape index (κ1) is 23.7. The molecule has 0 saturated heterocycles. The van der Waals surface area contributed by atoms with Crippen LogP contribution in [0.25, 0.3) is 11.1 Å². The summed E-state index contributed by atoms with van der Waals surface area (Å²) >= 11 is 0. The molecular formula is C26H30N2O3S. The Bertz CT molecular complexity index is 1180. The number of carbonyl (C=O) groups is 1. The number of sulfonamides is 1. The summed E-state index contributed by atoms with van der Waals surface area (Å²) in [6, 6.07) is 23.4. The molecule has 0 fully saturated rings. The zero-order valence-corrected chi connectivity index (χ0v) is 19.8. The molecule has 3 aromatic carbocycles. The average molecular weight is 451 g/mol. The Morgan fingerprint density at radius 1 is 0.812 bits per heavy atom. The predicted octanol–water partition coefficient (Wildman–Crippen LogP) is 5.05. The van der Waals surface area contributed by atoms with Crippen molar-refractivity contribution in [2.24, 2.45) is 0 Å². The fourth-order valence-corrected chi connectivity index (χ4v) is 5.44. The van der Waals surface area contributed by atoms with Gasteiger partial charge >= 0.3 is 0 Å². The van der Waals surface area contributed by atoms with Crippen LogP contribution >= 0.6 is 0 Å². The van der Waals surface area contributed by atoms with Gasteiger partial charge in [-0.25, -0.2) is 13.1 Å². The monoisotopic (exact) mass is 450 g/mol. The maximum absolute atomic E-state index is 13.5. The van der Waals surface area contributed by atoms with Gasteiger partial charge in [0.25, 0.3) is 5.91 Å². The smallest absolute Gasteiger partial charge is 0.254 e. The fraction of sp³-hybridized carbons (Fsp3) is 0.269. The standard InChI is InChI=1S/C26H30N2O3S/c1-5-28(6-2)25(29)23-18-11-10-16-21(23)22-17-12-13-19-24(22)32(30,31)27-26(3,4)20-14-8-7-9-15-20/h7-19,27H,5-6H2,1-4H3. The van der Waals surface area contributed by atoms with Crippen LogP contribution in [0.15, 0.2) is 83.8 Å². The minimum atomic E-state index is -3.89. The molecule has 0 unspecified atom stereocenters. The van der Waals surface area contributed by atoms with Gasteiger partial charge in [-0.2, -0.15) is 0 Å². The predicted molar refractivity (Wildman–Crippen MR) is 129 cm³/mol. The first-order valence-corrected chi connectivity index (χ1v) is 12.3. The Labute approximate surface area is 191 Å². The van der Waals surface area contributed by atoms with Crippen LogP contribution in [0.3, 0.4) is 0 Å². The number of amides is 1. The molecule has 32 heavy (non-hydrogen) atoms. The van der Waals surface area contributed by atoms with E-state index in [2.05, 4.69) is 4.72 Å². The molecule has 1 N–H and O–H groups in total. The minimum absolute atomic E-state index is 0.115. The molecule has 3 rings (SSSR count). The zero-order valence-electron chi connectivity index (χ0n) is 19.0. The van der Waals surface area contributed by atoms with Crippen LogP contribution < -0.4 is 4.72 Å². The van der Waals surface area contributed by atoms with Crippen molar-refractivity contribution in [3.05, 3.63) is 90.0 Å². The topological polar surface area (TPSA) is 66.5 Å². The summed E-state index contributed by atoms with van der Waals surface area (Å²) in [6.45, 7) is 8.68. The average Bonchev–Trinajstić information content (AvgIpc) is 2.80. The molecule has 0 aliphatic carbocycles. The lowest BCUT2D eigenvalue weighted by Gasteiger charge is -2.27. The van der Waals surface area contributed by atoms with Crippen molar-refractivity contribution < 1.29 is 13.2 Å². The molecule has 0 atom stereocenters. The summed E-state index contributed by atoms with van der Waals surface area (Å²) in [5.74, 6) is -0.115. The Balaban J connectivity index is 2.09. The Morgan fingerprint density at radius 2 is 1.34 bits per heavy atom. The number of nitrogens with one attached hydrogen (secondary N) is 1. The summed E-state index contributed by atoms with van der Waals surface area (Å²) in [7, 11) is -3.89. The highest BCUT2D eigenvalue weighted by Crippen LogP contribution is 2.32. The lowest BCUT2D eigenvalue weighted by molar-refractivity contribution is 0.0773. The van der Waals surface area contributed by atoms with E-state index in [0.717, 1.165) is 5.56 Å². The van der Waals surface area contributed by atoms with Gasteiger partial charge in [0.2, 0.25) is 10.0 Å². The Hall–Kier alpha value is -2.96. The van der Waals surface area contributed by atoms with E-state index in [1.165, 1.54) is 0 Å². The molecular weight excluding hydrogens is 420 g/mol. The third-order valence-electron chi connectivity index (χ3n) is 5.56. The maximum Gasteiger partial charge on any atom is 0.254 e. The summed E-state index contributed by atoms with van der Waals surface area (Å²) in [5, 5.41) is 0. The van der Waals surface area contributed by atoms with E-state index in [1.54, 1.807) is 47.4 Å². The van der Waals surface area contributed by atoms with Crippen LogP contribution in [0.5, 0.6) is 0 Å². The highest BCUT2D eigenvalue weighted by molar-refractivity contribution is 7.89. The van der Waals surface area contributed by atoms with Crippen molar-refractivity contribution in [1.29, 1.82) is 0 Å². The SMILES string of the molecule is CCN(CC)C(=O)c1ccccc1-c1ccccc1S(=O)(=O)NC(C)(C)c1ccccc1. The van der Waals surface area contributed by atoms with E-state index < -0.39 is 15.6 Å². The summed E-state index contributed by atoms with van der Waals surface area (Å²) in [5.41, 5.74) is 1.63. The van der Waals surface area contributed by atoms with Gasteiger partial charge in [0.05, 0.1) is 10.4 Å². The molecule has 0 bridgehead atoms. The lowest BCUT2D eigenvalue weighted by Crippen LogP contribution is -2.41. The first-order valence-electron chi connectivity index (χ1n) is 10.8. The summed E-state index contributed by atoms with van der Waals surface area (Å²) in [4.78, 5) is 15.0. The number of hydrogen-bond acceptors (Lipinski definition) is 3. The molecule has 0 saturated carbocycles. The van der Waals surface area contributed by atoms with Crippen LogP contribution in [-0.2, 0) is 15.6 Å². The molecule has 0 aliphatic rings. The Morgan fingerprint density at radius 3 is 1.97 bits per heavy atom. The van der Waals surface area contributed by atoms with Crippen molar-refractivity contribution in [2.75, 3.05) is 13.1 Å². The van der Waals surface area contributed by atoms with E-state index >= 15 is 0 Å². The molecule has 168 valence electrons. The minimum Gasteiger partial charge on any atom is -0.339 e. The summed E-state index contributed by atoms with van der Waals surface area (Å²) < 4.78 is 29.9. The van der Waals surface area contributed by atoms with Crippen molar-refractivity contribution in [2.45, 2.75) is 38.1 Å². The normalized spacial score (nSPS) is 11.9. The van der Waals surface area contributed by atoms with Crippen molar-refractivity contribution in [1.82, 2.24) is 9.62 Å². The second-order valence-electron chi connectivity index (χ2n) is 8.12. The van der Waals surface area contributed by atoms with E-state index in [9.17, 15) is 13.2 Å². The zero-order chi connectivity index (χ0) is 23.4. The van der Waals surface area contributed by atoms with Gasteiger partial charge in [-0.1, -0.05) is 66.7 Å². The largest absolute Gasteiger partial charge is 0.339 e. The van der Waals surface area contributed by atoms with Gasteiger partial charge in [0.15, 0.2) is 0 Å². The third-order valence-corrected chi connectivity index (χ3v) is 7.27. The van der Waals surface area contributed by atoms with Crippen LogP contribution in [-0.4, -0.2) is 32.3 Å². The molecule has 0 spiro atoms. The summed E-state index contributed by atoms with van der Waals surface area (Å²) in [6.07, 6.45) is 0. The van der Waals surface area contributed by atoms with Crippen LogP contribution in [0, 0.1) is 0 Å². The fourth-order valence-electron chi connectivity index (χ4n) is 3.81. The first-order chi connectivity index (χ1) is 15.2. The molecule has 0 heterocycles. The van der Waals surface area contributed by atoms with E-state index in [4.69, 9.17) is 0 Å². The van der Waals surface area contributed by atoms with Crippen molar-refractivity contribution >= 4 is 15.9 Å². The molecule has 6 heteroatoms. The molecule has 0 radical (unpaired) electrons. The molecule has 0 aromatic heterocycles. The second kappa shape index (κ2) is 9.67. The van der Waals surface area contributed by atoms with Gasteiger partial charge in [-0.3, -0.25) is 4.79 Å². The molecule has 5 nitrogen and oxygen atoms in total. The van der Waals surface area contributed by atoms with Crippen LogP contribution in [0.2, 0.25) is 0 Å². The van der Waals surface area contributed by atoms with Crippen LogP contribution in [0.1, 0.15) is 43.6 Å². The van der Waals surface area contributed by atoms with Gasteiger partial charge in [-0.05, 0) is 51.0 Å². The van der Waals surface area contributed by atoms with E-state index in [0.29, 0.717) is 29.8 Å². The number of rotatable bonds is 8. The number of hydrogen-bond donors (Lipinski definition) is 1. The van der Waals surface area contributed by atoms with Crippen molar-refractivity contribution in [3.8, 4) is 11.1 Å². The van der Waals surface area contributed by atoms with Gasteiger partial charge in [0.1, 0.15) is 0 Å². The van der Waals surface area contributed by atoms with Gasteiger partial charge in [0, 0.05) is 24.2 Å². The molecule has 0 aliphatic heterocycles. The Kier molecular flexibility index (Phi) is 7.16. The quantitative estimate of drug-likeness (QED) is 0.522. The van der Waals surface area contributed by atoms with Crippen molar-refractivity contribution in [3.63, 3.8) is 0 Å². The van der Waals surface area contributed by atoms with Crippen LogP contribution in [0.4, 0.5) is 0 Å². The maximum atomic E-state index is 13.5. The van der Waals surface area contributed by atoms with Gasteiger partial charge < -0.3 is 4.90 Å².